The first-order valence-corrected chi connectivity index (χ1v) is 7.21. The van der Waals surface area contributed by atoms with Crippen LogP contribution in [0, 0.1) is 6.92 Å². The molecule has 0 heterocycles. The van der Waals surface area contributed by atoms with Crippen LogP contribution in [0.5, 0.6) is 11.5 Å². The van der Waals surface area contributed by atoms with E-state index in [9.17, 15) is 4.79 Å². The molecule has 0 aliphatic carbocycles. The third-order valence-electron chi connectivity index (χ3n) is 2.88. The molecule has 0 fully saturated rings. The van der Waals surface area contributed by atoms with E-state index in [0.29, 0.717) is 17.2 Å². The van der Waals surface area contributed by atoms with Crippen LogP contribution in [0.25, 0.3) is 0 Å². The summed E-state index contributed by atoms with van der Waals surface area (Å²) in [6.45, 7) is 1.87. The van der Waals surface area contributed by atoms with Gasteiger partial charge in [-0.15, -0.1) is 0 Å². The Morgan fingerprint density at radius 1 is 1.19 bits per heavy atom. The molecule has 0 aliphatic rings. The Morgan fingerprint density at radius 3 is 2.67 bits per heavy atom. The van der Waals surface area contributed by atoms with Crippen LogP contribution in [0.15, 0.2) is 46.9 Å². The van der Waals surface area contributed by atoms with Gasteiger partial charge in [0, 0.05) is 4.47 Å². The minimum atomic E-state index is -0.234. The van der Waals surface area contributed by atoms with Gasteiger partial charge in [-0.3, -0.25) is 4.79 Å². The molecular formula is C16H16BrNO3. The molecule has 2 aromatic carbocycles. The van der Waals surface area contributed by atoms with Crippen molar-refractivity contribution < 1.29 is 14.3 Å². The number of halogens is 1. The average molecular weight is 350 g/mol. The van der Waals surface area contributed by atoms with Crippen molar-refractivity contribution in [2.24, 2.45) is 0 Å². The fourth-order valence-corrected chi connectivity index (χ4v) is 2.33. The van der Waals surface area contributed by atoms with Crippen molar-refractivity contribution in [2.45, 2.75) is 6.92 Å². The first-order chi connectivity index (χ1) is 10.1. The highest BCUT2D eigenvalue weighted by molar-refractivity contribution is 9.10. The lowest BCUT2D eigenvalue weighted by Crippen LogP contribution is -2.20. The summed E-state index contributed by atoms with van der Waals surface area (Å²) in [6.07, 6.45) is 0. The Labute approximate surface area is 132 Å². The first-order valence-electron chi connectivity index (χ1n) is 6.42. The fourth-order valence-electron chi connectivity index (χ4n) is 1.85. The van der Waals surface area contributed by atoms with Crippen LogP contribution in [0.4, 0.5) is 5.69 Å². The number of hydrogen-bond donors (Lipinski definition) is 1. The largest absolute Gasteiger partial charge is 0.495 e. The van der Waals surface area contributed by atoms with Gasteiger partial charge in [0.05, 0.1) is 12.8 Å². The van der Waals surface area contributed by atoms with Gasteiger partial charge in [-0.05, 0) is 42.8 Å². The van der Waals surface area contributed by atoms with Crippen molar-refractivity contribution in [3.8, 4) is 11.5 Å². The topological polar surface area (TPSA) is 47.6 Å². The maximum absolute atomic E-state index is 11.9. The first kappa shape index (κ1) is 15.4. The van der Waals surface area contributed by atoms with E-state index in [-0.39, 0.29) is 12.5 Å². The molecule has 5 heteroatoms. The number of carbonyl (C=O) groups is 1. The van der Waals surface area contributed by atoms with Gasteiger partial charge in [-0.1, -0.05) is 28.1 Å². The molecule has 4 nitrogen and oxygen atoms in total. The third-order valence-corrected chi connectivity index (χ3v) is 3.37. The van der Waals surface area contributed by atoms with Crippen molar-refractivity contribution >= 4 is 27.5 Å². The molecule has 0 saturated carbocycles. The summed E-state index contributed by atoms with van der Waals surface area (Å²) in [6, 6.07) is 12.9. The Kier molecular flexibility index (Phi) is 5.22. The van der Waals surface area contributed by atoms with E-state index in [0.717, 1.165) is 10.0 Å². The summed E-state index contributed by atoms with van der Waals surface area (Å²) >= 11 is 3.39. The van der Waals surface area contributed by atoms with Gasteiger partial charge in [0.25, 0.3) is 5.91 Å². The highest BCUT2D eigenvalue weighted by Gasteiger charge is 2.08. The smallest absolute Gasteiger partial charge is 0.262 e. The summed E-state index contributed by atoms with van der Waals surface area (Å²) in [5.41, 5.74) is 1.59. The minimum Gasteiger partial charge on any atom is -0.495 e. The van der Waals surface area contributed by atoms with E-state index < -0.39 is 0 Å². The van der Waals surface area contributed by atoms with Crippen LogP contribution in [-0.4, -0.2) is 19.6 Å². The molecule has 0 aromatic heterocycles. The minimum absolute atomic E-state index is 0.0550. The van der Waals surface area contributed by atoms with Gasteiger partial charge in [0.1, 0.15) is 11.5 Å². The number of benzene rings is 2. The molecular weight excluding hydrogens is 334 g/mol. The van der Waals surface area contributed by atoms with Gasteiger partial charge >= 0.3 is 0 Å². The van der Waals surface area contributed by atoms with Gasteiger partial charge in [-0.2, -0.15) is 0 Å². The lowest BCUT2D eigenvalue weighted by Gasteiger charge is -2.11. The normalized spacial score (nSPS) is 10.0. The number of anilines is 1. The second-order valence-electron chi connectivity index (χ2n) is 4.45. The van der Waals surface area contributed by atoms with E-state index in [1.54, 1.807) is 19.2 Å². The van der Waals surface area contributed by atoms with Gasteiger partial charge in [-0.25, -0.2) is 0 Å². The number of ether oxygens (including phenoxy) is 2. The highest BCUT2D eigenvalue weighted by Crippen LogP contribution is 2.24. The quantitative estimate of drug-likeness (QED) is 0.893. The zero-order chi connectivity index (χ0) is 15.2. The molecule has 0 saturated heterocycles. The SMILES string of the molecule is COc1ccccc1NC(=O)COc1ccc(Br)cc1C. The van der Waals surface area contributed by atoms with E-state index in [1.165, 1.54) is 0 Å². The summed E-state index contributed by atoms with van der Waals surface area (Å²) in [4.78, 5) is 11.9. The van der Waals surface area contributed by atoms with E-state index in [2.05, 4.69) is 21.2 Å². The Hall–Kier alpha value is -2.01. The number of amides is 1. The van der Waals surface area contributed by atoms with Gasteiger partial charge < -0.3 is 14.8 Å². The fraction of sp³-hybridized carbons (Fsp3) is 0.188. The molecule has 0 unspecified atom stereocenters. The van der Waals surface area contributed by atoms with Crippen molar-refractivity contribution in [3.05, 3.63) is 52.5 Å². The van der Waals surface area contributed by atoms with Crippen LogP contribution in [0.3, 0.4) is 0 Å². The van der Waals surface area contributed by atoms with Crippen molar-refractivity contribution in [3.63, 3.8) is 0 Å². The number of hydrogen-bond acceptors (Lipinski definition) is 3. The molecule has 21 heavy (non-hydrogen) atoms. The van der Waals surface area contributed by atoms with Crippen molar-refractivity contribution in [2.75, 3.05) is 19.0 Å². The van der Waals surface area contributed by atoms with Crippen LogP contribution in [0.1, 0.15) is 5.56 Å². The lowest BCUT2D eigenvalue weighted by atomic mass is 10.2. The van der Waals surface area contributed by atoms with E-state index in [4.69, 9.17) is 9.47 Å². The summed E-state index contributed by atoms with van der Waals surface area (Å²) < 4.78 is 11.7. The molecule has 0 aliphatic heterocycles. The van der Waals surface area contributed by atoms with Gasteiger partial charge in [0.15, 0.2) is 6.61 Å². The molecule has 2 rings (SSSR count). The zero-order valence-electron chi connectivity index (χ0n) is 11.9. The average Bonchev–Trinajstić information content (AvgIpc) is 2.47. The number of nitrogens with one attached hydrogen (secondary N) is 1. The second kappa shape index (κ2) is 7.13. The standard InChI is InChI=1S/C16H16BrNO3/c1-11-9-12(17)7-8-14(11)21-10-16(19)18-13-5-3-4-6-15(13)20-2/h3-9H,10H2,1-2H3,(H,18,19). The molecule has 0 bridgehead atoms. The lowest BCUT2D eigenvalue weighted by molar-refractivity contribution is -0.118. The maximum Gasteiger partial charge on any atom is 0.262 e. The summed E-state index contributed by atoms with van der Waals surface area (Å²) in [7, 11) is 1.56. The number of para-hydroxylation sites is 2. The Morgan fingerprint density at radius 2 is 1.95 bits per heavy atom. The molecule has 2 aromatic rings. The third kappa shape index (κ3) is 4.23. The number of methoxy groups -OCH3 is 1. The van der Waals surface area contributed by atoms with Crippen LogP contribution in [-0.2, 0) is 4.79 Å². The highest BCUT2D eigenvalue weighted by atomic mass is 79.9. The maximum atomic E-state index is 11.9. The van der Waals surface area contributed by atoms with Crippen molar-refractivity contribution in [1.82, 2.24) is 0 Å². The molecule has 1 amide bonds. The molecule has 110 valence electrons. The monoisotopic (exact) mass is 349 g/mol. The second-order valence-corrected chi connectivity index (χ2v) is 5.36. The summed E-state index contributed by atoms with van der Waals surface area (Å²) in [5, 5.41) is 2.76. The predicted molar refractivity (Wildman–Crippen MR) is 86.0 cm³/mol. The number of aryl methyl sites for hydroxylation is 1. The molecule has 0 atom stereocenters. The number of carbonyl (C=O) groups excluding carboxylic acids is 1. The molecule has 0 spiro atoms. The van der Waals surface area contributed by atoms with E-state index >= 15 is 0 Å². The van der Waals surface area contributed by atoms with Crippen LogP contribution < -0.4 is 14.8 Å². The Bertz CT molecular complexity index is 643. The van der Waals surface area contributed by atoms with Gasteiger partial charge in [0.2, 0.25) is 0 Å². The van der Waals surface area contributed by atoms with E-state index in [1.807, 2.05) is 37.3 Å². The van der Waals surface area contributed by atoms with Crippen molar-refractivity contribution in [1.29, 1.82) is 0 Å². The Balaban J connectivity index is 1.96. The van der Waals surface area contributed by atoms with Crippen LogP contribution >= 0.6 is 15.9 Å². The molecule has 1 N–H and O–H groups in total. The zero-order valence-corrected chi connectivity index (χ0v) is 13.4. The number of rotatable bonds is 5. The summed E-state index contributed by atoms with van der Waals surface area (Å²) in [5.74, 6) is 1.07. The van der Waals surface area contributed by atoms with Crippen LogP contribution in [0.2, 0.25) is 0 Å². The predicted octanol–water partition coefficient (Wildman–Crippen LogP) is 3.78. The molecule has 0 radical (unpaired) electrons.